The molecule has 0 saturated heterocycles. The Labute approximate surface area is 390 Å². The van der Waals surface area contributed by atoms with E-state index in [4.69, 9.17) is 5.11 Å². The van der Waals surface area contributed by atoms with Gasteiger partial charge in [-0.1, -0.05) is 319 Å². The van der Waals surface area contributed by atoms with Crippen LogP contribution in [-0.2, 0) is 4.79 Å². The maximum Gasteiger partial charge on any atom is 0.303 e. The summed E-state index contributed by atoms with van der Waals surface area (Å²) in [6, 6.07) is 0. The Morgan fingerprint density at radius 2 is 0.435 bits per heavy atom. The molecule has 0 aliphatic rings. The molecular formula is C60H112O2. The van der Waals surface area contributed by atoms with Crippen LogP contribution < -0.4 is 0 Å². The van der Waals surface area contributed by atoms with Crippen LogP contribution in [0.15, 0.2) is 48.6 Å². The fraction of sp³-hybridized carbons (Fsp3) is 0.850. The number of hydrogen-bond donors (Lipinski definition) is 1. The Morgan fingerprint density at radius 1 is 0.258 bits per heavy atom. The summed E-state index contributed by atoms with van der Waals surface area (Å²) in [6.45, 7) is 2.31. The van der Waals surface area contributed by atoms with Crippen molar-refractivity contribution in [3.63, 3.8) is 0 Å². The van der Waals surface area contributed by atoms with E-state index in [2.05, 4.69) is 55.5 Å². The summed E-state index contributed by atoms with van der Waals surface area (Å²) < 4.78 is 0. The average molecular weight is 866 g/mol. The number of rotatable bonds is 54. The Bertz CT molecular complexity index is 942. The molecule has 0 fully saturated rings. The van der Waals surface area contributed by atoms with Crippen LogP contribution in [0.4, 0.5) is 0 Å². The molecule has 2 nitrogen and oxygen atoms in total. The van der Waals surface area contributed by atoms with Crippen molar-refractivity contribution in [1.29, 1.82) is 0 Å². The van der Waals surface area contributed by atoms with Crippen molar-refractivity contribution >= 4 is 5.97 Å². The first-order chi connectivity index (χ1) is 30.8. The van der Waals surface area contributed by atoms with Crippen LogP contribution in [-0.4, -0.2) is 11.1 Å². The van der Waals surface area contributed by atoms with E-state index in [1.807, 2.05) is 0 Å². The Kier molecular flexibility index (Phi) is 56.0. The summed E-state index contributed by atoms with van der Waals surface area (Å²) in [4.78, 5) is 10.5. The molecule has 0 bridgehead atoms. The molecule has 0 aliphatic carbocycles. The highest BCUT2D eigenvalue weighted by molar-refractivity contribution is 5.66. The van der Waals surface area contributed by atoms with Crippen molar-refractivity contribution < 1.29 is 9.90 Å². The molecule has 0 atom stereocenters. The molecule has 364 valence electrons. The summed E-state index contributed by atoms with van der Waals surface area (Å²) in [5.41, 5.74) is 0. The van der Waals surface area contributed by atoms with Crippen molar-refractivity contribution in [2.45, 2.75) is 328 Å². The first kappa shape index (κ1) is 60.4. The minimum Gasteiger partial charge on any atom is -0.481 e. The van der Waals surface area contributed by atoms with Crippen LogP contribution in [0.25, 0.3) is 0 Å². The van der Waals surface area contributed by atoms with Gasteiger partial charge >= 0.3 is 5.97 Å². The Balaban J connectivity index is 3.23. The van der Waals surface area contributed by atoms with Gasteiger partial charge in [-0.25, -0.2) is 0 Å². The van der Waals surface area contributed by atoms with Crippen molar-refractivity contribution in [2.24, 2.45) is 0 Å². The number of unbranched alkanes of at least 4 members (excludes halogenated alkanes) is 44. The zero-order valence-corrected chi connectivity index (χ0v) is 42.3. The van der Waals surface area contributed by atoms with Gasteiger partial charge < -0.3 is 5.11 Å². The molecule has 0 saturated carbocycles. The molecule has 0 amide bonds. The number of aliphatic carboxylic acids is 1. The second kappa shape index (κ2) is 57.4. The normalized spacial score (nSPS) is 12.1. The fourth-order valence-electron chi connectivity index (χ4n) is 8.99. The third-order valence-electron chi connectivity index (χ3n) is 13.2. The summed E-state index contributed by atoms with van der Waals surface area (Å²) in [6.07, 6.45) is 86.8. The summed E-state index contributed by atoms with van der Waals surface area (Å²) in [5.74, 6) is -0.652. The predicted molar refractivity (Wildman–Crippen MR) is 281 cm³/mol. The van der Waals surface area contributed by atoms with Crippen LogP contribution in [0, 0.1) is 0 Å². The van der Waals surface area contributed by atoms with Gasteiger partial charge in [0.25, 0.3) is 0 Å². The van der Waals surface area contributed by atoms with Gasteiger partial charge in [-0.15, -0.1) is 0 Å². The second-order valence-electron chi connectivity index (χ2n) is 19.5. The van der Waals surface area contributed by atoms with Crippen molar-refractivity contribution in [1.82, 2.24) is 0 Å². The highest BCUT2D eigenvalue weighted by Gasteiger charge is 1.99. The molecule has 0 aromatic carbocycles. The van der Waals surface area contributed by atoms with Gasteiger partial charge in [0.15, 0.2) is 0 Å². The molecule has 0 spiro atoms. The van der Waals surface area contributed by atoms with Gasteiger partial charge in [0, 0.05) is 6.42 Å². The fourth-order valence-corrected chi connectivity index (χ4v) is 8.99. The lowest BCUT2D eigenvalue weighted by molar-refractivity contribution is -0.137. The maximum atomic E-state index is 10.5. The molecule has 1 N–H and O–H groups in total. The largest absolute Gasteiger partial charge is 0.481 e. The van der Waals surface area contributed by atoms with E-state index in [9.17, 15) is 4.79 Å². The van der Waals surface area contributed by atoms with Gasteiger partial charge in [-0.3, -0.25) is 4.79 Å². The van der Waals surface area contributed by atoms with E-state index in [-0.39, 0.29) is 0 Å². The van der Waals surface area contributed by atoms with Crippen LogP contribution in [0.1, 0.15) is 328 Å². The lowest BCUT2D eigenvalue weighted by Gasteiger charge is -2.04. The van der Waals surface area contributed by atoms with Crippen LogP contribution in [0.2, 0.25) is 0 Å². The van der Waals surface area contributed by atoms with Crippen molar-refractivity contribution in [3.8, 4) is 0 Å². The van der Waals surface area contributed by atoms with E-state index in [1.54, 1.807) is 0 Å². The number of carboxylic acid groups (broad SMARTS) is 1. The Hall–Kier alpha value is -1.57. The zero-order valence-electron chi connectivity index (χ0n) is 42.3. The number of carboxylic acids is 1. The summed E-state index contributed by atoms with van der Waals surface area (Å²) in [5, 5.41) is 8.67. The van der Waals surface area contributed by atoms with Gasteiger partial charge in [-0.05, 0) is 51.4 Å². The molecule has 2 heteroatoms. The molecule has 0 rings (SSSR count). The molecule has 0 heterocycles. The van der Waals surface area contributed by atoms with Crippen molar-refractivity contribution in [3.05, 3.63) is 48.6 Å². The van der Waals surface area contributed by atoms with E-state index in [1.165, 1.54) is 283 Å². The van der Waals surface area contributed by atoms with Crippen LogP contribution in [0.5, 0.6) is 0 Å². The highest BCUT2D eigenvalue weighted by Crippen LogP contribution is 2.18. The van der Waals surface area contributed by atoms with Gasteiger partial charge in [0.1, 0.15) is 0 Å². The molecule has 0 aromatic heterocycles. The maximum absolute atomic E-state index is 10.5. The number of allylic oxidation sites excluding steroid dienone is 8. The molecule has 0 unspecified atom stereocenters. The topological polar surface area (TPSA) is 37.3 Å². The van der Waals surface area contributed by atoms with E-state index in [0.29, 0.717) is 6.42 Å². The zero-order chi connectivity index (χ0) is 44.6. The van der Waals surface area contributed by atoms with E-state index in [0.717, 1.165) is 32.1 Å². The third-order valence-corrected chi connectivity index (χ3v) is 13.2. The van der Waals surface area contributed by atoms with E-state index < -0.39 is 5.97 Å². The molecular weight excluding hydrogens is 753 g/mol. The van der Waals surface area contributed by atoms with E-state index >= 15 is 0 Å². The van der Waals surface area contributed by atoms with Crippen LogP contribution in [0.3, 0.4) is 0 Å². The third kappa shape index (κ3) is 58.4. The molecule has 0 aromatic rings. The first-order valence-corrected chi connectivity index (χ1v) is 28.6. The lowest BCUT2D eigenvalue weighted by Crippen LogP contribution is -1.93. The molecule has 62 heavy (non-hydrogen) atoms. The van der Waals surface area contributed by atoms with Gasteiger partial charge in [0.2, 0.25) is 0 Å². The molecule has 0 radical (unpaired) electrons. The van der Waals surface area contributed by atoms with Gasteiger partial charge in [0.05, 0.1) is 0 Å². The second-order valence-corrected chi connectivity index (χ2v) is 19.5. The quantitative estimate of drug-likeness (QED) is 0.0489. The summed E-state index contributed by atoms with van der Waals surface area (Å²) in [7, 11) is 0. The SMILES string of the molecule is CCCCCCCCCCCCCCCCCCCCCCCCCCCCCC=CCC=CCC=CCC=CCCCCCCCCCCCCCCCCCCCC(=O)O. The first-order valence-electron chi connectivity index (χ1n) is 28.6. The van der Waals surface area contributed by atoms with Gasteiger partial charge in [-0.2, -0.15) is 0 Å². The lowest BCUT2D eigenvalue weighted by atomic mass is 10.0. The highest BCUT2D eigenvalue weighted by atomic mass is 16.4. The molecule has 0 aliphatic heterocycles. The Morgan fingerprint density at radius 3 is 0.645 bits per heavy atom. The monoisotopic (exact) mass is 865 g/mol. The minimum absolute atomic E-state index is 0.340. The number of hydrogen-bond acceptors (Lipinski definition) is 1. The minimum atomic E-state index is -0.652. The number of carbonyl (C=O) groups is 1. The van der Waals surface area contributed by atoms with Crippen LogP contribution >= 0.6 is 0 Å². The standard InChI is InChI=1S/C60H112O2/c1-2-3-4-5-6-7-8-9-10-11-12-13-14-15-16-17-18-19-20-21-22-23-24-25-26-27-28-29-30-31-32-33-34-35-36-37-38-39-40-41-42-43-44-45-46-47-48-49-50-51-52-53-54-55-56-57-58-59-60(61)62/h30-31,33-34,36-37,39-40H,2-29,32,35,38,41-59H2,1H3,(H,61,62). The smallest absolute Gasteiger partial charge is 0.303 e. The summed E-state index contributed by atoms with van der Waals surface area (Å²) >= 11 is 0. The average Bonchev–Trinajstić information content (AvgIpc) is 3.27. The van der Waals surface area contributed by atoms with Crippen molar-refractivity contribution in [2.75, 3.05) is 0 Å². The predicted octanol–water partition coefficient (Wildman–Crippen LogP) is 21.8.